The van der Waals surface area contributed by atoms with E-state index >= 15 is 0 Å². The zero-order valence-corrected chi connectivity index (χ0v) is 16.1. The van der Waals surface area contributed by atoms with Crippen LogP contribution >= 0.6 is 11.8 Å². The van der Waals surface area contributed by atoms with Crippen molar-refractivity contribution < 1.29 is 9.18 Å². The average Bonchev–Trinajstić information content (AvgIpc) is 3.11. The maximum absolute atomic E-state index is 13.1. The number of rotatable bonds is 6. The molecule has 0 aliphatic carbocycles. The molecule has 1 fully saturated rings. The third-order valence-corrected chi connectivity index (χ3v) is 6.06. The SMILES string of the molecule is CCN1CCCC1CNC(=O)c1ccc(C)c(Sc2ccc(F)cc2)c1. The summed E-state index contributed by atoms with van der Waals surface area (Å²) in [6.45, 7) is 7.04. The van der Waals surface area contributed by atoms with Gasteiger partial charge in [-0.2, -0.15) is 0 Å². The molecule has 1 amide bonds. The number of hydrogen-bond donors (Lipinski definition) is 1. The highest BCUT2D eigenvalue weighted by Crippen LogP contribution is 2.31. The molecule has 1 heterocycles. The van der Waals surface area contributed by atoms with Gasteiger partial charge < -0.3 is 5.32 Å². The first-order chi connectivity index (χ1) is 12.6. The maximum Gasteiger partial charge on any atom is 0.251 e. The third-order valence-electron chi connectivity index (χ3n) is 4.90. The van der Waals surface area contributed by atoms with E-state index in [1.165, 1.54) is 18.6 Å². The minimum atomic E-state index is -0.243. The van der Waals surface area contributed by atoms with Crippen molar-refractivity contribution in [2.24, 2.45) is 0 Å². The van der Waals surface area contributed by atoms with Gasteiger partial charge in [-0.05, 0) is 74.8 Å². The molecule has 1 atom stereocenters. The van der Waals surface area contributed by atoms with Crippen LogP contribution in [0.4, 0.5) is 4.39 Å². The molecule has 0 radical (unpaired) electrons. The van der Waals surface area contributed by atoms with Crippen LogP contribution in [0, 0.1) is 12.7 Å². The fourth-order valence-electron chi connectivity index (χ4n) is 3.34. The molecule has 0 aromatic heterocycles. The molecule has 0 saturated carbocycles. The number of likely N-dealkylation sites (N-methyl/N-ethyl adjacent to an activating group) is 1. The van der Waals surface area contributed by atoms with E-state index in [0.717, 1.165) is 34.9 Å². The number of likely N-dealkylation sites (tertiary alicyclic amines) is 1. The van der Waals surface area contributed by atoms with Crippen LogP contribution in [-0.2, 0) is 0 Å². The quantitative estimate of drug-likeness (QED) is 0.810. The first kappa shape index (κ1) is 18.9. The van der Waals surface area contributed by atoms with Gasteiger partial charge in [0.2, 0.25) is 0 Å². The number of hydrogen-bond acceptors (Lipinski definition) is 3. The fraction of sp³-hybridized carbons (Fsp3) is 0.381. The van der Waals surface area contributed by atoms with Gasteiger partial charge in [0, 0.05) is 27.9 Å². The molecule has 2 aromatic rings. The predicted molar refractivity (Wildman–Crippen MR) is 104 cm³/mol. The lowest BCUT2D eigenvalue weighted by Gasteiger charge is -2.23. The highest BCUT2D eigenvalue weighted by molar-refractivity contribution is 7.99. The highest BCUT2D eigenvalue weighted by atomic mass is 32.2. The highest BCUT2D eigenvalue weighted by Gasteiger charge is 2.23. The number of nitrogens with zero attached hydrogens (tertiary/aromatic N) is 1. The first-order valence-electron chi connectivity index (χ1n) is 9.13. The molecule has 1 aliphatic rings. The second kappa shape index (κ2) is 8.69. The van der Waals surface area contributed by atoms with Crippen molar-refractivity contribution in [1.29, 1.82) is 0 Å². The number of carbonyl (C=O) groups excluding carboxylic acids is 1. The fourth-order valence-corrected chi connectivity index (χ4v) is 4.28. The van der Waals surface area contributed by atoms with Crippen molar-refractivity contribution >= 4 is 17.7 Å². The van der Waals surface area contributed by atoms with Crippen LogP contribution in [0.3, 0.4) is 0 Å². The van der Waals surface area contributed by atoms with Crippen LogP contribution in [0.5, 0.6) is 0 Å². The minimum absolute atomic E-state index is 0.0334. The number of benzene rings is 2. The largest absolute Gasteiger partial charge is 0.350 e. The van der Waals surface area contributed by atoms with Gasteiger partial charge in [0.05, 0.1) is 0 Å². The molecule has 1 N–H and O–H groups in total. The number of aryl methyl sites for hydroxylation is 1. The molecule has 1 unspecified atom stereocenters. The number of amides is 1. The van der Waals surface area contributed by atoms with Gasteiger partial charge in [0.1, 0.15) is 5.82 Å². The Bertz CT molecular complexity index is 763. The zero-order valence-electron chi connectivity index (χ0n) is 15.3. The molecular formula is C21H25FN2OS. The molecule has 2 aromatic carbocycles. The van der Waals surface area contributed by atoms with Crippen LogP contribution in [0.1, 0.15) is 35.7 Å². The third kappa shape index (κ3) is 4.65. The van der Waals surface area contributed by atoms with Crippen LogP contribution in [-0.4, -0.2) is 36.5 Å². The number of halogens is 1. The van der Waals surface area contributed by atoms with Gasteiger partial charge in [-0.1, -0.05) is 24.8 Å². The van der Waals surface area contributed by atoms with Crippen LogP contribution in [0.25, 0.3) is 0 Å². The van der Waals surface area contributed by atoms with Crippen LogP contribution in [0.2, 0.25) is 0 Å². The summed E-state index contributed by atoms with van der Waals surface area (Å²) in [6.07, 6.45) is 2.35. The van der Waals surface area contributed by atoms with Crippen LogP contribution in [0.15, 0.2) is 52.3 Å². The predicted octanol–water partition coefficient (Wildman–Crippen LogP) is 4.50. The second-order valence-electron chi connectivity index (χ2n) is 6.67. The van der Waals surface area contributed by atoms with E-state index in [4.69, 9.17) is 0 Å². The Kier molecular flexibility index (Phi) is 6.33. The summed E-state index contributed by atoms with van der Waals surface area (Å²) in [5, 5.41) is 3.08. The first-order valence-corrected chi connectivity index (χ1v) is 9.95. The van der Waals surface area contributed by atoms with Gasteiger partial charge in [-0.25, -0.2) is 4.39 Å². The number of nitrogens with one attached hydrogen (secondary N) is 1. The molecule has 0 bridgehead atoms. The summed E-state index contributed by atoms with van der Waals surface area (Å²) in [5.74, 6) is -0.277. The molecule has 1 aliphatic heterocycles. The lowest BCUT2D eigenvalue weighted by atomic mass is 10.1. The second-order valence-corrected chi connectivity index (χ2v) is 7.79. The summed E-state index contributed by atoms with van der Waals surface area (Å²) in [7, 11) is 0. The van der Waals surface area contributed by atoms with E-state index < -0.39 is 0 Å². The van der Waals surface area contributed by atoms with E-state index in [9.17, 15) is 9.18 Å². The van der Waals surface area contributed by atoms with Gasteiger partial charge in [-0.3, -0.25) is 9.69 Å². The standard InChI is InChI=1S/C21H25FN2OS/c1-3-24-12-4-5-18(24)14-23-21(25)16-7-6-15(2)20(13-16)26-19-10-8-17(22)9-11-19/h6-11,13,18H,3-5,12,14H2,1-2H3,(H,23,25). The summed E-state index contributed by atoms with van der Waals surface area (Å²) in [5.41, 5.74) is 1.77. The Balaban J connectivity index is 1.66. The molecule has 0 spiro atoms. The average molecular weight is 373 g/mol. The Morgan fingerprint density at radius 3 is 2.77 bits per heavy atom. The van der Waals surface area contributed by atoms with Crippen molar-refractivity contribution in [3.05, 3.63) is 59.4 Å². The molecule has 3 nitrogen and oxygen atoms in total. The Hall–Kier alpha value is -1.85. The Morgan fingerprint density at radius 1 is 1.27 bits per heavy atom. The molecule has 3 rings (SSSR count). The Morgan fingerprint density at radius 2 is 2.04 bits per heavy atom. The summed E-state index contributed by atoms with van der Waals surface area (Å²) in [4.78, 5) is 17.0. The van der Waals surface area contributed by atoms with Crippen molar-refractivity contribution in [2.45, 2.75) is 42.5 Å². The lowest BCUT2D eigenvalue weighted by Crippen LogP contribution is -2.40. The summed E-state index contributed by atoms with van der Waals surface area (Å²) >= 11 is 1.55. The van der Waals surface area contributed by atoms with E-state index in [2.05, 4.69) is 17.1 Å². The van der Waals surface area contributed by atoms with E-state index in [1.54, 1.807) is 23.9 Å². The molecule has 1 saturated heterocycles. The maximum atomic E-state index is 13.1. The lowest BCUT2D eigenvalue weighted by molar-refractivity contribution is 0.0941. The van der Waals surface area contributed by atoms with Crippen molar-refractivity contribution in [3.63, 3.8) is 0 Å². The van der Waals surface area contributed by atoms with Gasteiger partial charge in [0.15, 0.2) is 0 Å². The van der Waals surface area contributed by atoms with Gasteiger partial charge in [0.25, 0.3) is 5.91 Å². The minimum Gasteiger partial charge on any atom is -0.350 e. The van der Waals surface area contributed by atoms with Crippen molar-refractivity contribution in [3.8, 4) is 0 Å². The smallest absolute Gasteiger partial charge is 0.251 e. The Labute approximate surface area is 159 Å². The summed E-state index contributed by atoms with van der Waals surface area (Å²) < 4.78 is 13.1. The van der Waals surface area contributed by atoms with E-state index in [0.29, 0.717) is 18.2 Å². The molecule has 138 valence electrons. The van der Waals surface area contributed by atoms with Crippen molar-refractivity contribution in [1.82, 2.24) is 10.2 Å². The van der Waals surface area contributed by atoms with Crippen molar-refractivity contribution in [2.75, 3.05) is 19.6 Å². The topological polar surface area (TPSA) is 32.3 Å². The van der Waals surface area contributed by atoms with E-state index in [1.807, 2.05) is 25.1 Å². The van der Waals surface area contributed by atoms with Gasteiger partial charge in [-0.15, -0.1) is 0 Å². The zero-order chi connectivity index (χ0) is 18.5. The number of carbonyl (C=O) groups is 1. The monoisotopic (exact) mass is 372 g/mol. The van der Waals surface area contributed by atoms with Gasteiger partial charge >= 0.3 is 0 Å². The molecule has 5 heteroatoms. The molecule has 26 heavy (non-hydrogen) atoms. The summed E-state index contributed by atoms with van der Waals surface area (Å²) in [6, 6.07) is 12.6. The van der Waals surface area contributed by atoms with Crippen LogP contribution < -0.4 is 5.32 Å². The van der Waals surface area contributed by atoms with E-state index in [-0.39, 0.29) is 11.7 Å². The molecular weight excluding hydrogens is 347 g/mol. The normalized spacial score (nSPS) is 17.4.